The van der Waals surface area contributed by atoms with E-state index in [4.69, 9.17) is 4.52 Å². The van der Waals surface area contributed by atoms with Crippen molar-refractivity contribution in [2.75, 3.05) is 0 Å². The number of rotatable bonds is 5. The fourth-order valence-corrected chi connectivity index (χ4v) is 2.51. The van der Waals surface area contributed by atoms with Crippen molar-refractivity contribution < 1.29 is 4.52 Å². The van der Waals surface area contributed by atoms with Gasteiger partial charge in [0.2, 0.25) is 0 Å². The minimum absolute atomic E-state index is 0.175. The van der Waals surface area contributed by atoms with Gasteiger partial charge in [0.05, 0.1) is 11.7 Å². The average molecular weight is 265 g/mol. The summed E-state index contributed by atoms with van der Waals surface area (Å²) in [4.78, 5) is 4.59. The van der Waals surface area contributed by atoms with Gasteiger partial charge in [-0.1, -0.05) is 19.0 Å². The van der Waals surface area contributed by atoms with Gasteiger partial charge in [0, 0.05) is 18.0 Å². The van der Waals surface area contributed by atoms with Crippen molar-refractivity contribution in [1.29, 1.82) is 0 Å². The molecule has 0 saturated carbocycles. The summed E-state index contributed by atoms with van der Waals surface area (Å²) < 4.78 is 5.07. The summed E-state index contributed by atoms with van der Waals surface area (Å²) in [5.41, 5.74) is 2.11. The minimum Gasteiger partial charge on any atom is -0.361 e. The minimum atomic E-state index is 0.175. The molecule has 4 nitrogen and oxygen atoms in total. The highest BCUT2D eigenvalue weighted by atomic mass is 32.1. The average Bonchev–Trinajstić information content (AvgIpc) is 2.94. The molecule has 0 amide bonds. The summed E-state index contributed by atoms with van der Waals surface area (Å²) >= 11 is 1.70. The summed E-state index contributed by atoms with van der Waals surface area (Å²) in [6, 6.07) is 2.13. The molecule has 0 bridgehead atoms. The van der Waals surface area contributed by atoms with Gasteiger partial charge in [-0.25, -0.2) is 4.98 Å². The van der Waals surface area contributed by atoms with Gasteiger partial charge in [0.15, 0.2) is 0 Å². The van der Waals surface area contributed by atoms with Crippen LogP contribution in [-0.2, 0) is 6.54 Å². The fraction of sp³-hybridized carbons (Fsp3) is 0.538. The summed E-state index contributed by atoms with van der Waals surface area (Å²) in [5.74, 6) is 1.33. The van der Waals surface area contributed by atoms with Crippen molar-refractivity contribution in [3.05, 3.63) is 33.6 Å². The van der Waals surface area contributed by atoms with E-state index >= 15 is 0 Å². The normalized spacial score (nSPS) is 13.2. The molecule has 1 N–H and O–H groups in total. The topological polar surface area (TPSA) is 51.0 Å². The third kappa shape index (κ3) is 3.17. The first-order chi connectivity index (χ1) is 8.56. The van der Waals surface area contributed by atoms with Gasteiger partial charge >= 0.3 is 0 Å². The molecule has 5 heteroatoms. The maximum absolute atomic E-state index is 5.07. The molecule has 0 aliphatic rings. The van der Waals surface area contributed by atoms with E-state index in [0.29, 0.717) is 5.92 Å². The van der Waals surface area contributed by atoms with Crippen molar-refractivity contribution >= 4 is 11.3 Å². The number of thiazole rings is 1. The highest BCUT2D eigenvalue weighted by molar-refractivity contribution is 7.09. The van der Waals surface area contributed by atoms with E-state index in [9.17, 15) is 0 Å². The van der Waals surface area contributed by atoms with Crippen LogP contribution in [0.25, 0.3) is 0 Å². The van der Waals surface area contributed by atoms with Crippen molar-refractivity contribution in [2.45, 2.75) is 46.2 Å². The lowest BCUT2D eigenvalue weighted by atomic mass is 10.2. The quantitative estimate of drug-likeness (QED) is 0.900. The van der Waals surface area contributed by atoms with Crippen molar-refractivity contribution in [1.82, 2.24) is 15.5 Å². The van der Waals surface area contributed by atoms with E-state index < -0.39 is 0 Å². The number of nitrogens with zero attached hydrogens (tertiary/aromatic N) is 2. The predicted octanol–water partition coefficient (Wildman–Crippen LogP) is 3.41. The summed E-state index contributed by atoms with van der Waals surface area (Å²) in [5, 5.41) is 10.7. The van der Waals surface area contributed by atoms with E-state index in [-0.39, 0.29) is 6.04 Å². The summed E-state index contributed by atoms with van der Waals surface area (Å²) in [7, 11) is 0. The van der Waals surface area contributed by atoms with E-state index in [2.05, 4.69) is 41.6 Å². The van der Waals surface area contributed by atoms with Crippen LogP contribution in [0.3, 0.4) is 0 Å². The third-order valence-electron chi connectivity index (χ3n) is 2.81. The van der Waals surface area contributed by atoms with Crippen LogP contribution in [0.2, 0.25) is 0 Å². The van der Waals surface area contributed by atoms with E-state index in [1.165, 1.54) is 5.69 Å². The molecule has 0 radical (unpaired) electrons. The fourth-order valence-electron chi connectivity index (χ4n) is 1.61. The molecule has 0 unspecified atom stereocenters. The van der Waals surface area contributed by atoms with Gasteiger partial charge in [0.25, 0.3) is 0 Å². The molecule has 18 heavy (non-hydrogen) atoms. The second-order valence-electron chi connectivity index (χ2n) is 4.79. The second-order valence-corrected chi connectivity index (χ2v) is 5.73. The summed E-state index contributed by atoms with van der Waals surface area (Å²) in [6.07, 6.45) is 0. The molecular weight excluding hydrogens is 246 g/mol. The molecular formula is C13H19N3OS. The zero-order valence-corrected chi connectivity index (χ0v) is 12.0. The zero-order chi connectivity index (χ0) is 13.1. The number of aromatic nitrogens is 2. The smallest absolute Gasteiger partial charge is 0.133 e. The molecule has 2 aromatic heterocycles. The van der Waals surface area contributed by atoms with Crippen LogP contribution in [-0.4, -0.2) is 10.1 Å². The van der Waals surface area contributed by atoms with E-state index in [0.717, 1.165) is 23.0 Å². The Morgan fingerprint density at radius 1 is 1.33 bits per heavy atom. The maximum atomic E-state index is 5.07. The second kappa shape index (κ2) is 5.63. The van der Waals surface area contributed by atoms with Crippen LogP contribution < -0.4 is 5.32 Å². The molecule has 98 valence electrons. The lowest BCUT2D eigenvalue weighted by molar-refractivity contribution is 0.380. The van der Waals surface area contributed by atoms with Gasteiger partial charge in [-0.15, -0.1) is 11.3 Å². The Kier molecular flexibility index (Phi) is 4.14. The molecule has 0 aliphatic heterocycles. The van der Waals surface area contributed by atoms with Gasteiger partial charge in [-0.3, -0.25) is 0 Å². The van der Waals surface area contributed by atoms with Crippen molar-refractivity contribution in [2.24, 2.45) is 0 Å². The van der Waals surface area contributed by atoms with Crippen molar-refractivity contribution in [3.8, 4) is 0 Å². The first-order valence-electron chi connectivity index (χ1n) is 6.17. The Hall–Kier alpha value is -1.20. The monoisotopic (exact) mass is 265 g/mol. The largest absolute Gasteiger partial charge is 0.361 e. The maximum Gasteiger partial charge on any atom is 0.133 e. The summed E-state index contributed by atoms with van der Waals surface area (Å²) in [6.45, 7) is 9.07. The number of aryl methyl sites for hydroxylation is 1. The lowest BCUT2D eigenvalue weighted by Crippen LogP contribution is -2.18. The van der Waals surface area contributed by atoms with Gasteiger partial charge in [0.1, 0.15) is 16.5 Å². The Balaban J connectivity index is 1.90. The Bertz CT molecular complexity index is 504. The van der Waals surface area contributed by atoms with E-state index in [1.54, 1.807) is 11.3 Å². The van der Waals surface area contributed by atoms with Gasteiger partial charge < -0.3 is 9.84 Å². The van der Waals surface area contributed by atoms with Crippen LogP contribution in [0.1, 0.15) is 54.9 Å². The molecule has 1 atom stereocenters. The van der Waals surface area contributed by atoms with Crippen LogP contribution in [0.4, 0.5) is 0 Å². The molecule has 0 aliphatic carbocycles. The van der Waals surface area contributed by atoms with Gasteiger partial charge in [-0.05, 0) is 19.8 Å². The van der Waals surface area contributed by atoms with Crippen LogP contribution in [0, 0.1) is 6.92 Å². The molecule has 2 heterocycles. The lowest BCUT2D eigenvalue weighted by Gasteiger charge is -2.08. The zero-order valence-electron chi connectivity index (χ0n) is 11.2. The van der Waals surface area contributed by atoms with E-state index in [1.807, 2.05) is 13.0 Å². The Morgan fingerprint density at radius 3 is 2.67 bits per heavy atom. The van der Waals surface area contributed by atoms with Crippen LogP contribution in [0.15, 0.2) is 16.0 Å². The highest BCUT2D eigenvalue weighted by Crippen LogP contribution is 2.19. The van der Waals surface area contributed by atoms with Crippen LogP contribution >= 0.6 is 11.3 Å². The molecule has 0 spiro atoms. The molecule has 0 fully saturated rings. The van der Waals surface area contributed by atoms with Gasteiger partial charge in [-0.2, -0.15) is 0 Å². The first-order valence-corrected chi connectivity index (χ1v) is 7.05. The third-order valence-corrected chi connectivity index (χ3v) is 3.68. The van der Waals surface area contributed by atoms with Crippen LogP contribution in [0.5, 0.6) is 0 Å². The SMILES string of the molecule is Cc1cc([C@H](C)NCc2nc(C(C)C)cs2)no1. The predicted molar refractivity (Wildman–Crippen MR) is 72.7 cm³/mol. The first kappa shape index (κ1) is 13.2. The van der Waals surface area contributed by atoms with Crippen molar-refractivity contribution in [3.63, 3.8) is 0 Å². The molecule has 0 aromatic carbocycles. The number of nitrogens with one attached hydrogen (secondary N) is 1. The number of hydrogen-bond donors (Lipinski definition) is 1. The molecule has 2 rings (SSSR count). The Labute approximate surface area is 111 Å². The molecule has 2 aromatic rings. The Morgan fingerprint density at radius 2 is 2.11 bits per heavy atom. The standard InChI is InChI=1S/C13H19N3OS/c1-8(2)12-7-18-13(15-12)6-14-10(4)11-5-9(3)17-16-11/h5,7-8,10,14H,6H2,1-4H3/t10-/m0/s1. The highest BCUT2D eigenvalue weighted by Gasteiger charge is 2.11. The number of hydrogen-bond acceptors (Lipinski definition) is 5. The molecule has 0 saturated heterocycles.